The number of aromatic nitrogens is 2. The van der Waals surface area contributed by atoms with Crippen LogP contribution in [0.15, 0.2) is 41.9 Å². The summed E-state index contributed by atoms with van der Waals surface area (Å²) >= 11 is 1.25. The molecular formula is C22H20F2N4O2S. The lowest BCUT2D eigenvalue weighted by Crippen LogP contribution is -2.41. The molecule has 0 radical (unpaired) electrons. The Morgan fingerprint density at radius 3 is 2.48 bits per heavy atom. The second-order valence-electron chi connectivity index (χ2n) is 7.45. The minimum absolute atomic E-state index is 0.131. The van der Waals surface area contributed by atoms with Crippen LogP contribution in [-0.4, -0.2) is 40.0 Å². The predicted molar refractivity (Wildman–Crippen MR) is 114 cm³/mol. The SMILES string of the molecule is Cc1cc(F)ccc1-c1ccc(C(=O)N2CCC(C(=O)Nc3nncs3)CC2)cc1F. The molecule has 1 saturated heterocycles. The number of nitrogens with one attached hydrogen (secondary N) is 1. The number of carbonyl (C=O) groups excluding carboxylic acids is 2. The number of carbonyl (C=O) groups is 2. The molecule has 3 aromatic rings. The zero-order chi connectivity index (χ0) is 22.0. The van der Waals surface area contributed by atoms with E-state index in [1.54, 1.807) is 29.5 Å². The summed E-state index contributed by atoms with van der Waals surface area (Å²) in [5.41, 5.74) is 3.31. The van der Waals surface area contributed by atoms with Crippen molar-refractivity contribution in [3.63, 3.8) is 0 Å². The highest BCUT2D eigenvalue weighted by atomic mass is 32.1. The lowest BCUT2D eigenvalue weighted by Gasteiger charge is -2.31. The highest BCUT2D eigenvalue weighted by Gasteiger charge is 2.28. The van der Waals surface area contributed by atoms with Gasteiger partial charge in [-0.25, -0.2) is 8.78 Å². The number of rotatable bonds is 4. The van der Waals surface area contributed by atoms with E-state index >= 15 is 0 Å². The average molecular weight is 442 g/mol. The van der Waals surface area contributed by atoms with E-state index in [0.29, 0.717) is 47.8 Å². The maximum Gasteiger partial charge on any atom is 0.253 e. The minimum atomic E-state index is -0.535. The Morgan fingerprint density at radius 2 is 1.84 bits per heavy atom. The second-order valence-corrected chi connectivity index (χ2v) is 8.29. The molecule has 160 valence electrons. The van der Waals surface area contributed by atoms with Gasteiger partial charge in [-0.3, -0.25) is 9.59 Å². The van der Waals surface area contributed by atoms with Crippen LogP contribution in [0.25, 0.3) is 11.1 Å². The third-order valence-corrected chi connectivity index (χ3v) is 6.04. The number of nitrogens with zero attached hydrogens (tertiary/aromatic N) is 3. The van der Waals surface area contributed by atoms with E-state index < -0.39 is 5.82 Å². The molecule has 0 unspecified atom stereocenters. The highest BCUT2D eigenvalue weighted by Crippen LogP contribution is 2.28. The summed E-state index contributed by atoms with van der Waals surface area (Å²) in [6.45, 7) is 2.53. The summed E-state index contributed by atoms with van der Waals surface area (Å²) in [6, 6.07) is 8.51. The lowest BCUT2D eigenvalue weighted by molar-refractivity contribution is -0.121. The van der Waals surface area contributed by atoms with E-state index in [0.717, 1.165) is 0 Å². The van der Waals surface area contributed by atoms with Crippen LogP contribution in [0.2, 0.25) is 0 Å². The van der Waals surface area contributed by atoms with Crippen molar-refractivity contribution < 1.29 is 18.4 Å². The van der Waals surface area contributed by atoms with E-state index in [1.807, 2.05) is 0 Å². The van der Waals surface area contributed by atoms with Gasteiger partial charge in [0, 0.05) is 30.1 Å². The van der Waals surface area contributed by atoms with Gasteiger partial charge in [0.2, 0.25) is 11.0 Å². The Kier molecular flexibility index (Phi) is 6.03. The first-order valence-electron chi connectivity index (χ1n) is 9.85. The van der Waals surface area contributed by atoms with Crippen LogP contribution in [0, 0.1) is 24.5 Å². The third-order valence-electron chi connectivity index (χ3n) is 5.44. The third kappa shape index (κ3) is 4.61. The van der Waals surface area contributed by atoms with Crippen LogP contribution in [-0.2, 0) is 4.79 Å². The van der Waals surface area contributed by atoms with Gasteiger partial charge in [-0.05, 0) is 55.2 Å². The van der Waals surface area contributed by atoms with Crippen molar-refractivity contribution in [2.75, 3.05) is 18.4 Å². The number of aryl methyl sites for hydroxylation is 1. The van der Waals surface area contributed by atoms with Crippen LogP contribution >= 0.6 is 11.3 Å². The topological polar surface area (TPSA) is 75.2 Å². The van der Waals surface area contributed by atoms with Crippen LogP contribution < -0.4 is 5.32 Å². The van der Waals surface area contributed by atoms with Crippen LogP contribution in [0.1, 0.15) is 28.8 Å². The van der Waals surface area contributed by atoms with Gasteiger partial charge >= 0.3 is 0 Å². The summed E-state index contributed by atoms with van der Waals surface area (Å²) in [7, 11) is 0. The molecule has 1 aliphatic rings. The van der Waals surface area contributed by atoms with Gasteiger partial charge in [-0.1, -0.05) is 23.5 Å². The zero-order valence-corrected chi connectivity index (χ0v) is 17.6. The molecule has 0 spiro atoms. The maximum absolute atomic E-state index is 14.8. The van der Waals surface area contributed by atoms with Gasteiger partial charge in [0.25, 0.3) is 5.91 Å². The smallest absolute Gasteiger partial charge is 0.253 e. The summed E-state index contributed by atoms with van der Waals surface area (Å²) in [5.74, 6) is -1.53. The molecule has 9 heteroatoms. The Morgan fingerprint density at radius 1 is 1.10 bits per heavy atom. The first-order valence-corrected chi connectivity index (χ1v) is 10.7. The molecule has 2 amide bonds. The first kappa shape index (κ1) is 21.0. The van der Waals surface area contributed by atoms with E-state index in [9.17, 15) is 18.4 Å². The highest BCUT2D eigenvalue weighted by molar-refractivity contribution is 7.13. The van der Waals surface area contributed by atoms with Crippen molar-refractivity contribution in [3.05, 3.63) is 64.7 Å². The molecule has 0 aliphatic carbocycles. The minimum Gasteiger partial charge on any atom is -0.339 e. The molecule has 0 saturated carbocycles. The first-order chi connectivity index (χ1) is 14.9. The number of hydrogen-bond acceptors (Lipinski definition) is 5. The van der Waals surface area contributed by atoms with Gasteiger partial charge in [0.05, 0.1) is 0 Å². The van der Waals surface area contributed by atoms with Gasteiger partial charge in [0.1, 0.15) is 17.1 Å². The van der Waals surface area contributed by atoms with E-state index in [2.05, 4.69) is 15.5 Å². The van der Waals surface area contributed by atoms with Crippen LogP contribution in [0.4, 0.5) is 13.9 Å². The fourth-order valence-corrected chi connectivity index (χ4v) is 4.21. The number of benzene rings is 2. The fraction of sp³-hybridized carbons (Fsp3) is 0.273. The molecule has 1 aliphatic heterocycles. The number of hydrogen-bond donors (Lipinski definition) is 1. The van der Waals surface area contributed by atoms with Gasteiger partial charge < -0.3 is 10.2 Å². The molecule has 2 aromatic carbocycles. The second kappa shape index (κ2) is 8.89. The number of halogens is 2. The van der Waals surface area contributed by atoms with Gasteiger partial charge in [0.15, 0.2) is 0 Å². The van der Waals surface area contributed by atoms with E-state index in [4.69, 9.17) is 0 Å². The molecule has 31 heavy (non-hydrogen) atoms. The maximum atomic E-state index is 14.8. The Balaban J connectivity index is 1.41. The van der Waals surface area contributed by atoms with Gasteiger partial charge in [-0.15, -0.1) is 10.2 Å². The van der Waals surface area contributed by atoms with Crippen molar-refractivity contribution in [1.29, 1.82) is 0 Å². The van der Waals surface area contributed by atoms with Gasteiger partial charge in [-0.2, -0.15) is 0 Å². The van der Waals surface area contributed by atoms with Crippen molar-refractivity contribution in [2.45, 2.75) is 19.8 Å². The summed E-state index contributed by atoms with van der Waals surface area (Å²) in [4.78, 5) is 26.8. The number of amides is 2. The number of anilines is 1. The standard InChI is InChI=1S/C22H20F2N4O2S/c1-13-10-16(23)3-5-17(13)18-4-2-15(11-19(18)24)21(30)28-8-6-14(7-9-28)20(29)26-22-27-25-12-31-22/h2-5,10-12,14H,6-9H2,1H3,(H,26,27,29). The zero-order valence-electron chi connectivity index (χ0n) is 16.8. The molecule has 1 fully saturated rings. The monoisotopic (exact) mass is 442 g/mol. The number of piperidine rings is 1. The van der Waals surface area contributed by atoms with E-state index in [1.165, 1.54) is 35.6 Å². The Hall–Kier alpha value is -3.20. The summed E-state index contributed by atoms with van der Waals surface area (Å²) in [6.07, 6.45) is 1.04. The largest absolute Gasteiger partial charge is 0.339 e. The average Bonchev–Trinajstić information content (AvgIpc) is 3.27. The van der Waals surface area contributed by atoms with Crippen molar-refractivity contribution in [2.24, 2.45) is 5.92 Å². The van der Waals surface area contributed by atoms with Crippen molar-refractivity contribution >= 4 is 28.3 Å². The predicted octanol–water partition coefficient (Wildman–Crippen LogP) is 4.28. The molecule has 0 atom stereocenters. The molecule has 4 rings (SSSR count). The summed E-state index contributed by atoms with van der Waals surface area (Å²) < 4.78 is 28.1. The fourth-order valence-electron chi connectivity index (χ4n) is 3.76. The van der Waals surface area contributed by atoms with E-state index in [-0.39, 0.29) is 29.1 Å². The van der Waals surface area contributed by atoms with Crippen LogP contribution in [0.3, 0.4) is 0 Å². The molecular weight excluding hydrogens is 422 g/mol. The molecule has 0 bridgehead atoms. The summed E-state index contributed by atoms with van der Waals surface area (Å²) in [5, 5.41) is 10.7. The van der Waals surface area contributed by atoms with Crippen LogP contribution in [0.5, 0.6) is 0 Å². The Bertz CT molecular complexity index is 1110. The normalized spacial score (nSPS) is 14.5. The van der Waals surface area contributed by atoms with Crippen molar-refractivity contribution in [3.8, 4) is 11.1 Å². The molecule has 1 aromatic heterocycles. The lowest BCUT2D eigenvalue weighted by atomic mass is 9.95. The molecule has 2 heterocycles. The number of likely N-dealkylation sites (tertiary alicyclic amines) is 1. The quantitative estimate of drug-likeness (QED) is 0.654. The molecule has 6 nitrogen and oxygen atoms in total. The van der Waals surface area contributed by atoms with Crippen molar-refractivity contribution in [1.82, 2.24) is 15.1 Å². The Labute approximate surface area is 181 Å². The molecule has 1 N–H and O–H groups in total.